The fraction of sp³-hybridized carbons (Fsp3) is 0.733. The fourth-order valence-corrected chi connectivity index (χ4v) is 3.66. The second-order valence-electron chi connectivity index (χ2n) is 5.81. The van der Waals surface area contributed by atoms with E-state index in [-0.39, 0.29) is 5.92 Å². The van der Waals surface area contributed by atoms with Gasteiger partial charge in [-0.1, -0.05) is 20.8 Å². The molecule has 0 aromatic carbocycles. The third kappa shape index (κ3) is 4.25. The Bertz CT molecular complexity index is 479. The number of hydrogen-bond donors (Lipinski definition) is 1. The standard InChI is InChI=1S/C15H25N3O2S/c1-4-17-7-9-18(10-8-17)6-5-12-16-13(11(2)3)14(21-12)15(19)20/h11H,4-10H2,1-3H3,(H,19,20). The number of likely N-dealkylation sites (N-methyl/N-ethyl adjacent to an activating group) is 1. The molecular formula is C15H25N3O2S. The van der Waals surface area contributed by atoms with E-state index in [1.807, 2.05) is 13.8 Å². The summed E-state index contributed by atoms with van der Waals surface area (Å²) in [5.41, 5.74) is 0.735. The number of aromatic carboxylic acids is 1. The van der Waals surface area contributed by atoms with Crippen molar-refractivity contribution >= 4 is 17.3 Å². The van der Waals surface area contributed by atoms with Gasteiger partial charge < -0.3 is 14.9 Å². The predicted molar refractivity (Wildman–Crippen MR) is 85.4 cm³/mol. The van der Waals surface area contributed by atoms with Gasteiger partial charge in [-0.05, 0) is 12.5 Å². The molecule has 0 radical (unpaired) electrons. The molecule has 21 heavy (non-hydrogen) atoms. The molecule has 1 saturated heterocycles. The van der Waals surface area contributed by atoms with Crippen molar-refractivity contribution in [2.24, 2.45) is 0 Å². The Morgan fingerprint density at radius 2 is 1.90 bits per heavy atom. The van der Waals surface area contributed by atoms with Crippen LogP contribution in [0.5, 0.6) is 0 Å². The zero-order valence-corrected chi connectivity index (χ0v) is 13.9. The van der Waals surface area contributed by atoms with Gasteiger partial charge in [-0.2, -0.15) is 0 Å². The summed E-state index contributed by atoms with van der Waals surface area (Å²) >= 11 is 1.34. The highest BCUT2D eigenvalue weighted by atomic mass is 32.1. The van der Waals surface area contributed by atoms with E-state index < -0.39 is 5.97 Å². The van der Waals surface area contributed by atoms with Gasteiger partial charge in [-0.15, -0.1) is 11.3 Å². The molecular weight excluding hydrogens is 286 g/mol. The topological polar surface area (TPSA) is 56.7 Å². The molecule has 0 atom stereocenters. The number of carboxylic acid groups (broad SMARTS) is 1. The van der Waals surface area contributed by atoms with Crippen LogP contribution in [0.25, 0.3) is 0 Å². The number of piperazine rings is 1. The summed E-state index contributed by atoms with van der Waals surface area (Å²) in [6, 6.07) is 0. The maximum atomic E-state index is 11.3. The summed E-state index contributed by atoms with van der Waals surface area (Å²) in [5.74, 6) is -0.687. The number of thiazole rings is 1. The summed E-state index contributed by atoms with van der Waals surface area (Å²) in [6.45, 7) is 12.8. The number of aromatic nitrogens is 1. The molecule has 1 N–H and O–H groups in total. The first kappa shape index (κ1) is 16.4. The lowest BCUT2D eigenvalue weighted by Crippen LogP contribution is -2.46. The van der Waals surface area contributed by atoms with Gasteiger partial charge in [0.25, 0.3) is 0 Å². The fourth-order valence-electron chi connectivity index (χ4n) is 2.61. The molecule has 1 aliphatic heterocycles. The molecule has 0 bridgehead atoms. The monoisotopic (exact) mass is 311 g/mol. The van der Waals surface area contributed by atoms with Gasteiger partial charge in [-0.25, -0.2) is 9.78 Å². The van der Waals surface area contributed by atoms with E-state index in [4.69, 9.17) is 0 Å². The average molecular weight is 311 g/mol. The minimum absolute atomic E-state index is 0.161. The van der Waals surface area contributed by atoms with Crippen molar-refractivity contribution in [3.05, 3.63) is 15.6 Å². The number of nitrogens with zero attached hydrogens (tertiary/aromatic N) is 3. The van der Waals surface area contributed by atoms with Gasteiger partial charge in [0.1, 0.15) is 4.88 Å². The summed E-state index contributed by atoms with van der Waals surface area (Å²) in [5, 5.41) is 10.2. The van der Waals surface area contributed by atoms with E-state index in [1.54, 1.807) is 0 Å². The third-order valence-corrected chi connectivity index (χ3v) is 5.11. The van der Waals surface area contributed by atoms with Crippen LogP contribution in [0.1, 0.15) is 47.1 Å². The van der Waals surface area contributed by atoms with Crippen LogP contribution in [-0.2, 0) is 6.42 Å². The average Bonchev–Trinajstić information content (AvgIpc) is 2.90. The summed E-state index contributed by atoms with van der Waals surface area (Å²) < 4.78 is 0. The quantitative estimate of drug-likeness (QED) is 0.872. The first-order valence-corrected chi connectivity index (χ1v) is 8.50. The lowest BCUT2D eigenvalue weighted by molar-refractivity contribution is 0.0700. The predicted octanol–water partition coefficient (Wildman–Crippen LogP) is 2.14. The first-order chi connectivity index (χ1) is 10.0. The van der Waals surface area contributed by atoms with Crippen molar-refractivity contribution in [1.82, 2.24) is 14.8 Å². The Hall–Kier alpha value is -0.980. The second kappa shape index (κ2) is 7.33. The molecule has 1 fully saturated rings. The van der Waals surface area contributed by atoms with Crippen LogP contribution in [0.2, 0.25) is 0 Å². The van der Waals surface area contributed by atoms with Crippen LogP contribution < -0.4 is 0 Å². The zero-order chi connectivity index (χ0) is 15.4. The maximum Gasteiger partial charge on any atom is 0.347 e. The van der Waals surface area contributed by atoms with E-state index in [2.05, 4.69) is 21.7 Å². The zero-order valence-electron chi connectivity index (χ0n) is 13.1. The van der Waals surface area contributed by atoms with Gasteiger partial charge in [0.15, 0.2) is 0 Å². The third-order valence-electron chi connectivity index (χ3n) is 3.99. The smallest absolute Gasteiger partial charge is 0.347 e. The molecule has 1 aromatic rings. The van der Waals surface area contributed by atoms with Crippen molar-refractivity contribution < 1.29 is 9.90 Å². The molecule has 0 unspecified atom stereocenters. The van der Waals surface area contributed by atoms with E-state index in [0.717, 1.165) is 56.4 Å². The van der Waals surface area contributed by atoms with Crippen LogP contribution >= 0.6 is 11.3 Å². The van der Waals surface area contributed by atoms with Gasteiger partial charge in [0, 0.05) is 39.1 Å². The highest BCUT2D eigenvalue weighted by Crippen LogP contribution is 2.25. The molecule has 2 rings (SSSR count). The lowest BCUT2D eigenvalue weighted by Gasteiger charge is -2.33. The van der Waals surface area contributed by atoms with Crippen LogP contribution in [0.4, 0.5) is 0 Å². The Balaban J connectivity index is 1.92. The van der Waals surface area contributed by atoms with Crippen molar-refractivity contribution in [2.75, 3.05) is 39.3 Å². The minimum atomic E-state index is -0.848. The van der Waals surface area contributed by atoms with Gasteiger partial charge in [0.2, 0.25) is 0 Å². The number of hydrogen-bond acceptors (Lipinski definition) is 5. The lowest BCUT2D eigenvalue weighted by atomic mass is 10.1. The van der Waals surface area contributed by atoms with Crippen LogP contribution in [0, 0.1) is 0 Å². The Morgan fingerprint density at radius 1 is 1.29 bits per heavy atom. The minimum Gasteiger partial charge on any atom is -0.477 e. The largest absolute Gasteiger partial charge is 0.477 e. The van der Waals surface area contributed by atoms with Gasteiger partial charge in [-0.3, -0.25) is 0 Å². The van der Waals surface area contributed by atoms with Crippen molar-refractivity contribution in [2.45, 2.75) is 33.1 Å². The Labute approximate surface area is 130 Å². The van der Waals surface area contributed by atoms with E-state index in [9.17, 15) is 9.90 Å². The second-order valence-corrected chi connectivity index (χ2v) is 6.89. The Morgan fingerprint density at radius 3 is 2.38 bits per heavy atom. The molecule has 118 valence electrons. The van der Waals surface area contributed by atoms with E-state index in [0.29, 0.717) is 4.88 Å². The molecule has 0 spiro atoms. The molecule has 5 nitrogen and oxygen atoms in total. The molecule has 1 aliphatic rings. The molecule has 0 amide bonds. The van der Waals surface area contributed by atoms with Crippen molar-refractivity contribution in [1.29, 1.82) is 0 Å². The van der Waals surface area contributed by atoms with Crippen molar-refractivity contribution in [3.8, 4) is 0 Å². The van der Waals surface area contributed by atoms with E-state index >= 15 is 0 Å². The Kier molecular flexibility index (Phi) is 5.72. The summed E-state index contributed by atoms with van der Waals surface area (Å²) in [4.78, 5) is 21.1. The highest BCUT2D eigenvalue weighted by molar-refractivity contribution is 7.13. The van der Waals surface area contributed by atoms with Gasteiger partial charge >= 0.3 is 5.97 Å². The normalized spacial score (nSPS) is 17.5. The SMILES string of the molecule is CCN1CCN(CCc2nc(C(C)C)c(C(=O)O)s2)CC1. The molecule has 2 heterocycles. The van der Waals surface area contributed by atoms with Crippen LogP contribution in [0.3, 0.4) is 0 Å². The number of carboxylic acids is 1. The van der Waals surface area contributed by atoms with Crippen LogP contribution in [-0.4, -0.2) is 65.1 Å². The summed E-state index contributed by atoms with van der Waals surface area (Å²) in [7, 11) is 0. The first-order valence-electron chi connectivity index (χ1n) is 7.68. The summed E-state index contributed by atoms with van der Waals surface area (Å²) in [6.07, 6.45) is 0.851. The molecule has 6 heteroatoms. The number of rotatable bonds is 6. The van der Waals surface area contributed by atoms with Gasteiger partial charge in [0.05, 0.1) is 10.7 Å². The highest BCUT2D eigenvalue weighted by Gasteiger charge is 2.20. The van der Waals surface area contributed by atoms with E-state index in [1.165, 1.54) is 11.3 Å². The maximum absolute atomic E-state index is 11.3. The van der Waals surface area contributed by atoms with Crippen molar-refractivity contribution in [3.63, 3.8) is 0 Å². The molecule has 1 aromatic heterocycles. The molecule has 0 saturated carbocycles. The molecule has 0 aliphatic carbocycles. The number of carbonyl (C=O) groups is 1. The van der Waals surface area contributed by atoms with Crippen LogP contribution in [0.15, 0.2) is 0 Å².